The summed E-state index contributed by atoms with van der Waals surface area (Å²) in [5, 5.41) is 24.8. The predicted molar refractivity (Wildman–Crippen MR) is 118 cm³/mol. The molecule has 31 heavy (non-hydrogen) atoms. The molecule has 3 aliphatic carbocycles. The second-order valence-electron chi connectivity index (χ2n) is 10.8. The molecule has 5 aliphatic rings. The number of aromatic hydroxyl groups is 1. The summed E-state index contributed by atoms with van der Waals surface area (Å²) in [6.07, 6.45) is 5.62. The Labute approximate surface area is 181 Å². The van der Waals surface area contributed by atoms with E-state index >= 15 is 0 Å². The van der Waals surface area contributed by atoms with Gasteiger partial charge >= 0.3 is 0 Å². The van der Waals surface area contributed by atoms with Gasteiger partial charge in [0.05, 0.1) is 22.2 Å². The highest BCUT2D eigenvalue weighted by Crippen LogP contribution is 2.71. The average Bonchev–Trinajstić information content (AvgIpc) is 3.27. The molecule has 1 aromatic heterocycles. The van der Waals surface area contributed by atoms with Crippen LogP contribution in [0.25, 0.3) is 10.9 Å². The van der Waals surface area contributed by atoms with Crippen LogP contribution in [0.15, 0.2) is 30.3 Å². The van der Waals surface area contributed by atoms with Gasteiger partial charge in [0, 0.05) is 23.9 Å². The molecule has 1 fully saturated rings. The normalized spacial score (nSPS) is 36.1. The van der Waals surface area contributed by atoms with Gasteiger partial charge in [-0.15, -0.1) is 0 Å². The zero-order chi connectivity index (χ0) is 20.7. The summed E-state index contributed by atoms with van der Waals surface area (Å²) in [5.41, 5.74) is 6.42. The van der Waals surface area contributed by atoms with Crippen LogP contribution in [0.3, 0.4) is 0 Å². The van der Waals surface area contributed by atoms with Crippen LogP contribution in [0.4, 0.5) is 0 Å². The van der Waals surface area contributed by atoms with Crippen molar-refractivity contribution in [2.45, 2.75) is 69.1 Å². The number of phenols is 1. The third kappa shape index (κ3) is 1.64. The molecule has 1 saturated carbocycles. The molecule has 8 rings (SSSR count). The van der Waals surface area contributed by atoms with Gasteiger partial charge < -0.3 is 19.5 Å². The van der Waals surface area contributed by atoms with E-state index in [1.165, 1.54) is 33.3 Å². The Bertz CT molecular complexity index is 1320. The number of phenolic OH excluding ortho intramolecular Hbond substituents is 1. The summed E-state index contributed by atoms with van der Waals surface area (Å²) in [7, 11) is 0. The fourth-order valence-electron chi connectivity index (χ4n) is 8.49. The van der Waals surface area contributed by atoms with Gasteiger partial charge in [-0.25, -0.2) is 0 Å². The Morgan fingerprint density at radius 3 is 2.97 bits per heavy atom. The lowest BCUT2D eigenvalue weighted by Gasteiger charge is -2.61. The number of aryl methyl sites for hydroxylation is 2. The van der Waals surface area contributed by atoms with Gasteiger partial charge in [-0.05, 0) is 66.7 Å². The molecule has 1 spiro atoms. The van der Waals surface area contributed by atoms with Crippen LogP contribution < -0.4 is 4.74 Å². The molecule has 0 amide bonds. The number of aromatic nitrogens is 1. The predicted octanol–water partition coefficient (Wildman–Crippen LogP) is 4.55. The lowest BCUT2D eigenvalue weighted by Crippen LogP contribution is -2.68. The number of hydrogen-bond donors (Lipinski definition) is 2. The first-order valence-corrected chi connectivity index (χ1v) is 11.9. The molecule has 5 atom stereocenters. The van der Waals surface area contributed by atoms with Crippen LogP contribution in [-0.2, 0) is 31.2 Å². The average molecular weight is 414 g/mol. The fourth-order valence-corrected chi connectivity index (χ4v) is 8.49. The maximum absolute atomic E-state index is 12.7. The minimum Gasteiger partial charge on any atom is -0.504 e. The summed E-state index contributed by atoms with van der Waals surface area (Å²) in [5.74, 6) is 1.55. The Kier molecular flexibility index (Phi) is 2.83. The number of fused-ring (bicyclic) bond motifs is 4. The monoisotopic (exact) mass is 413 g/mol. The van der Waals surface area contributed by atoms with E-state index in [2.05, 4.69) is 35.8 Å². The van der Waals surface area contributed by atoms with E-state index < -0.39 is 11.0 Å². The first-order valence-electron chi connectivity index (χ1n) is 11.9. The number of para-hydroxylation sites is 1. The number of ether oxygens (including phenoxy) is 1. The van der Waals surface area contributed by atoms with Gasteiger partial charge in [0.2, 0.25) is 0 Å². The van der Waals surface area contributed by atoms with Crippen LogP contribution in [0.1, 0.15) is 60.2 Å². The van der Waals surface area contributed by atoms with Crippen LogP contribution in [0.5, 0.6) is 11.5 Å². The molecule has 1 unspecified atom stereocenters. The van der Waals surface area contributed by atoms with E-state index in [9.17, 15) is 10.2 Å². The van der Waals surface area contributed by atoms with Crippen LogP contribution >= 0.6 is 0 Å². The zero-order valence-electron chi connectivity index (χ0n) is 17.8. The van der Waals surface area contributed by atoms with Crippen molar-refractivity contribution >= 4 is 10.9 Å². The van der Waals surface area contributed by atoms with E-state index in [1.54, 1.807) is 6.07 Å². The molecule has 2 aliphatic heterocycles. The van der Waals surface area contributed by atoms with E-state index in [0.717, 1.165) is 44.2 Å². The molecule has 2 aromatic carbocycles. The molecule has 2 bridgehead atoms. The molecule has 0 radical (unpaired) electrons. The SMILES string of the molecule is CC1CC[C@]23c4c5ccc(O)c4O[C@H]2c2c(c4cccc6c4n2CCC6)C[C@@]3(O)[C@H]1C5. The number of benzene rings is 2. The topological polar surface area (TPSA) is 54.6 Å². The molecule has 4 nitrogen and oxygen atoms in total. The molecule has 158 valence electrons. The van der Waals surface area contributed by atoms with Crippen molar-refractivity contribution in [1.29, 1.82) is 0 Å². The second kappa shape index (κ2) is 5.12. The van der Waals surface area contributed by atoms with Crippen molar-refractivity contribution in [2.75, 3.05) is 0 Å². The minimum atomic E-state index is -0.836. The third-order valence-corrected chi connectivity index (χ3v) is 9.70. The van der Waals surface area contributed by atoms with Crippen molar-refractivity contribution in [2.24, 2.45) is 11.8 Å². The van der Waals surface area contributed by atoms with Crippen LogP contribution in [0.2, 0.25) is 0 Å². The Morgan fingerprint density at radius 2 is 2.06 bits per heavy atom. The quantitative estimate of drug-likeness (QED) is 0.568. The summed E-state index contributed by atoms with van der Waals surface area (Å²) < 4.78 is 9.25. The zero-order valence-corrected chi connectivity index (χ0v) is 17.8. The van der Waals surface area contributed by atoms with E-state index in [-0.39, 0.29) is 17.8 Å². The van der Waals surface area contributed by atoms with Gasteiger partial charge in [0.25, 0.3) is 0 Å². The van der Waals surface area contributed by atoms with E-state index in [4.69, 9.17) is 4.74 Å². The summed E-state index contributed by atoms with van der Waals surface area (Å²) in [4.78, 5) is 0. The van der Waals surface area contributed by atoms with Gasteiger partial charge in [-0.2, -0.15) is 0 Å². The van der Waals surface area contributed by atoms with Gasteiger partial charge in [0.15, 0.2) is 17.6 Å². The van der Waals surface area contributed by atoms with E-state index in [0.29, 0.717) is 18.1 Å². The number of rotatable bonds is 0. The van der Waals surface area contributed by atoms with Gasteiger partial charge in [0.1, 0.15) is 0 Å². The lowest BCUT2D eigenvalue weighted by molar-refractivity contribution is -0.169. The highest BCUT2D eigenvalue weighted by atomic mass is 16.5. The first kappa shape index (κ1) is 17.1. The summed E-state index contributed by atoms with van der Waals surface area (Å²) in [6.45, 7) is 3.32. The number of aliphatic hydroxyl groups is 1. The van der Waals surface area contributed by atoms with Crippen molar-refractivity contribution in [1.82, 2.24) is 4.57 Å². The smallest absolute Gasteiger partial charge is 0.166 e. The highest BCUT2D eigenvalue weighted by molar-refractivity contribution is 5.90. The minimum absolute atomic E-state index is 0.218. The Balaban J connectivity index is 1.53. The largest absolute Gasteiger partial charge is 0.504 e. The summed E-state index contributed by atoms with van der Waals surface area (Å²) >= 11 is 0. The Hall–Kier alpha value is -2.46. The van der Waals surface area contributed by atoms with Crippen molar-refractivity contribution in [3.05, 3.63) is 58.3 Å². The Morgan fingerprint density at radius 1 is 1.16 bits per heavy atom. The molecule has 3 aromatic rings. The number of nitrogens with zero attached hydrogens (tertiary/aromatic N) is 1. The van der Waals surface area contributed by atoms with Gasteiger partial charge in [-0.3, -0.25) is 0 Å². The lowest BCUT2D eigenvalue weighted by atomic mass is 9.44. The molecular formula is C27H27NO3. The van der Waals surface area contributed by atoms with Crippen molar-refractivity contribution < 1.29 is 14.9 Å². The molecule has 3 heterocycles. The number of hydrogen-bond acceptors (Lipinski definition) is 3. The van der Waals surface area contributed by atoms with Crippen LogP contribution in [-0.4, -0.2) is 20.4 Å². The molecule has 0 saturated heterocycles. The van der Waals surface area contributed by atoms with Crippen molar-refractivity contribution in [3.63, 3.8) is 0 Å². The maximum atomic E-state index is 12.7. The standard InChI is InChI=1S/C27H27NO3/c1-14-9-10-26-21-16-7-8-20(29)24(21)31-25(26)23-18(13-27(26,30)19(14)12-16)17-6-2-4-15-5-3-11-28(23)22(15)17/h2,4,6-8,14,19,25,29-30H,3,5,9-13H2,1H3/t14?,19-,25-,26-,27+/m0/s1. The fraction of sp³-hybridized carbons (Fsp3) is 0.481. The van der Waals surface area contributed by atoms with Crippen molar-refractivity contribution in [3.8, 4) is 11.5 Å². The van der Waals surface area contributed by atoms with Gasteiger partial charge in [-0.1, -0.05) is 31.2 Å². The molecule has 4 heteroatoms. The second-order valence-corrected chi connectivity index (χ2v) is 10.8. The van der Waals surface area contributed by atoms with Crippen LogP contribution in [0, 0.1) is 11.8 Å². The molecular weight excluding hydrogens is 386 g/mol. The first-order chi connectivity index (χ1) is 15.0. The maximum Gasteiger partial charge on any atom is 0.166 e. The summed E-state index contributed by atoms with van der Waals surface area (Å²) in [6, 6.07) is 10.6. The molecule has 2 N–H and O–H groups in total. The highest BCUT2D eigenvalue weighted by Gasteiger charge is 2.72. The van der Waals surface area contributed by atoms with E-state index in [1.807, 2.05) is 0 Å². The third-order valence-electron chi connectivity index (χ3n) is 9.70.